The van der Waals surface area contributed by atoms with Crippen LogP contribution in [0.5, 0.6) is 0 Å². The number of carbonyl (C=O) groups is 1. The second-order valence-electron chi connectivity index (χ2n) is 4.39. The minimum absolute atomic E-state index is 0.249. The molecule has 0 bridgehead atoms. The number of hydrogen-bond donors (Lipinski definition) is 2. The maximum atomic E-state index is 11.5. The Kier molecular flexibility index (Phi) is 4.92. The van der Waals surface area contributed by atoms with Crippen molar-refractivity contribution < 1.29 is 14.2 Å². The van der Waals surface area contributed by atoms with Crippen LogP contribution < -0.4 is 11.1 Å². The first kappa shape index (κ1) is 14.6. The monoisotopic (exact) mass is 288 g/mol. The molecule has 0 atom stereocenters. The van der Waals surface area contributed by atoms with E-state index >= 15 is 0 Å². The normalized spacial score (nSPS) is 11.2. The molecule has 2 rings (SSSR count). The number of carbonyl (C=O) groups excluding carboxylic acids is 1. The number of nitrogens with two attached hydrogens (primary N) is 1. The fraction of sp³-hybridized carbons (Fsp3) is 0.214. The first-order valence-electron chi connectivity index (χ1n) is 6.35. The highest BCUT2D eigenvalue weighted by molar-refractivity contribution is 5.90. The number of nitrogens with one attached hydrogen (secondary N) is 1. The van der Waals surface area contributed by atoms with E-state index in [9.17, 15) is 4.79 Å². The smallest absolute Gasteiger partial charge is 0.266 e. The highest BCUT2D eigenvalue weighted by atomic mass is 16.6. The van der Waals surface area contributed by atoms with Crippen LogP contribution in [0.4, 0.5) is 5.82 Å². The lowest BCUT2D eigenvalue weighted by Crippen LogP contribution is -2.20. The molecule has 0 fully saturated rings. The van der Waals surface area contributed by atoms with E-state index in [0.717, 1.165) is 5.56 Å². The third-order valence-electron chi connectivity index (χ3n) is 2.50. The van der Waals surface area contributed by atoms with Crippen LogP contribution in [0.2, 0.25) is 0 Å². The molecule has 0 unspecified atom stereocenters. The van der Waals surface area contributed by atoms with Crippen LogP contribution in [0, 0.1) is 6.92 Å². The Morgan fingerprint density at radius 3 is 2.86 bits per heavy atom. The van der Waals surface area contributed by atoms with Crippen LogP contribution in [0.3, 0.4) is 0 Å². The van der Waals surface area contributed by atoms with E-state index in [1.54, 1.807) is 13.0 Å². The number of aryl methyl sites for hydroxylation is 1. The summed E-state index contributed by atoms with van der Waals surface area (Å²) in [6, 6.07) is 11.2. The first-order valence-corrected chi connectivity index (χ1v) is 6.35. The van der Waals surface area contributed by atoms with Gasteiger partial charge < -0.3 is 20.4 Å². The number of amides is 1. The Hall–Kier alpha value is -2.83. The van der Waals surface area contributed by atoms with Gasteiger partial charge in [0.1, 0.15) is 11.6 Å². The molecule has 0 radical (unpaired) electrons. The van der Waals surface area contributed by atoms with Crippen LogP contribution in [0.25, 0.3) is 0 Å². The summed E-state index contributed by atoms with van der Waals surface area (Å²) >= 11 is 0. The molecule has 1 heterocycles. The second kappa shape index (κ2) is 7.09. The molecule has 1 amide bonds. The molecule has 0 aliphatic rings. The van der Waals surface area contributed by atoms with E-state index < -0.39 is 0 Å². The summed E-state index contributed by atoms with van der Waals surface area (Å²) in [7, 11) is 0. The molecule has 3 N–H and O–H groups in total. The maximum Gasteiger partial charge on any atom is 0.266 e. The quantitative estimate of drug-likeness (QED) is 0.476. The van der Waals surface area contributed by atoms with Gasteiger partial charge in [-0.1, -0.05) is 40.6 Å². The molecule has 1 aromatic carbocycles. The van der Waals surface area contributed by atoms with Crippen molar-refractivity contribution in [1.29, 1.82) is 0 Å². The predicted molar refractivity (Wildman–Crippen MR) is 77.6 cm³/mol. The zero-order valence-corrected chi connectivity index (χ0v) is 11.6. The number of rotatable bonds is 6. The summed E-state index contributed by atoms with van der Waals surface area (Å²) in [5, 5.41) is 9.84. The average Bonchev–Trinajstić information content (AvgIpc) is 2.85. The topological polar surface area (TPSA) is 103 Å². The molecule has 7 heteroatoms. The third-order valence-corrected chi connectivity index (χ3v) is 2.50. The van der Waals surface area contributed by atoms with Gasteiger partial charge in [0.25, 0.3) is 5.91 Å². The highest BCUT2D eigenvalue weighted by Gasteiger charge is 2.06. The van der Waals surface area contributed by atoms with Gasteiger partial charge in [-0.2, -0.15) is 0 Å². The fourth-order valence-electron chi connectivity index (χ4n) is 1.62. The van der Waals surface area contributed by atoms with Gasteiger partial charge in [0, 0.05) is 12.5 Å². The van der Waals surface area contributed by atoms with E-state index in [-0.39, 0.29) is 12.5 Å². The van der Waals surface area contributed by atoms with E-state index in [2.05, 4.69) is 15.6 Å². The zero-order valence-electron chi connectivity index (χ0n) is 11.6. The number of hydrogen-bond acceptors (Lipinski definition) is 5. The van der Waals surface area contributed by atoms with Gasteiger partial charge in [-0.05, 0) is 12.5 Å². The largest absolute Gasteiger partial charge is 0.384 e. The van der Waals surface area contributed by atoms with Crippen molar-refractivity contribution in [3.63, 3.8) is 0 Å². The van der Waals surface area contributed by atoms with Crippen LogP contribution >= 0.6 is 0 Å². The molecule has 0 spiro atoms. The summed E-state index contributed by atoms with van der Waals surface area (Å²) in [5.41, 5.74) is 6.73. The lowest BCUT2D eigenvalue weighted by molar-refractivity contribution is -0.120. The van der Waals surface area contributed by atoms with E-state index in [1.165, 1.54) is 0 Å². The summed E-state index contributed by atoms with van der Waals surface area (Å²) in [5.74, 6) is 0.851. The van der Waals surface area contributed by atoms with Gasteiger partial charge in [-0.25, -0.2) is 0 Å². The van der Waals surface area contributed by atoms with Crippen molar-refractivity contribution in [2.24, 2.45) is 10.9 Å². The number of oxime groups is 1. The minimum Gasteiger partial charge on any atom is -0.384 e. The number of anilines is 1. The van der Waals surface area contributed by atoms with Gasteiger partial charge in [0.2, 0.25) is 0 Å². The molecule has 0 saturated heterocycles. The van der Waals surface area contributed by atoms with Gasteiger partial charge in [0.15, 0.2) is 12.4 Å². The van der Waals surface area contributed by atoms with Crippen molar-refractivity contribution >= 4 is 17.6 Å². The molecular weight excluding hydrogens is 272 g/mol. The number of amidine groups is 1. The molecule has 0 aliphatic heterocycles. The molecule has 7 nitrogen and oxygen atoms in total. The Morgan fingerprint density at radius 2 is 2.19 bits per heavy atom. The summed E-state index contributed by atoms with van der Waals surface area (Å²) in [6.45, 7) is 1.48. The molecular formula is C14H16N4O3. The molecule has 0 aliphatic carbocycles. The van der Waals surface area contributed by atoms with Gasteiger partial charge in [0.05, 0.1) is 0 Å². The predicted octanol–water partition coefficient (Wildman–Crippen LogP) is 1.45. The van der Waals surface area contributed by atoms with E-state index in [1.807, 2.05) is 30.3 Å². The van der Waals surface area contributed by atoms with Gasteiger partial charge in [-0.15, -0.1) is 0 Å². The fourth-order valence-corrected chi connectivity index (χ4v) is 1.62. The number of aromatic nitrogens is 1. The Morgan fingerprint density at radius 1 is 1.43 bits per heavy atom. The van der Waals surface area contributed by atoms with Crippen molar-refractivity contribution in [2.75, 3.05) is 11.9 Å². The maximum absolute atomic E-state index is 11.5. The average molecular weight is 288 g/mol. The lowest BCUT2D eigenvalue weighted by Gasteiger charge is -2.02. The number of nitrogens with zero attached hydrogens (tertiary/aromatic N) is 2. The minimum atomic E-state index is -0.389. The summed E-state index contributed by atoms with van der Waals surface area (Å²) in [4.78, 5) is 16.4. The van der Waals surface area contributed by atoms with Crippen molar-refractivity contribution in [2.45, 2.75) is 13.3 Å². The van der Waals surface area contributed by atoms with Crippen LogP contribution in [-0.2, 0) is 16.1 Å². The highest BCUT2D eigenvalue weighted by Crippen LogP contribution is 2.06. The van der Waals surface area contributed by atoms with Crippen molar-refractivity contribution in [3.05, 3.63) is 47.7 Å². The standard InChI is InChI=1S/C14H16N4O3/c1-10-7-13(18-21-10)16-14(19)9-20-17-12(15)8-11-5-3-2-4-6-11/h2-7H,8-9H2,1H3,(H2,15,17)(H,16,18,19). The second-order valence-corrected chi connectivity index (χ2v) is 4.39. The van der Waals surface area contributed by atoms with E-state index in [4.69, 9.17) is 15.1 Å². The Balaban J connectivity index is 1.75. The number of benzene rings is 1. The van der Waals surface area contributed by atoms with Crippen molar-refractivity contribution in [3.8, 4) is 0 Å². The van der Waals surface area contributed by atoms with Crippen molar-refractivity contribution in [1.82, 2.24) is 5.16 Å². The SMILES string of the molecule is Cc1cc(NC(=O)CO/N=C(/N)Cc2ccccc2)no1. The summed E-state index contributed by atoms with van der Waals surface area (Å²) < 4.78 is 4.82. The molecule has 110 valence electrons. The zero-order chi connectivity index (χ0) is 15.1. The lowest BCUT2D eigenvalue weighted by atomic mass is 10.1. The summed E-state index contributed by atoms with van der Waals surface area (Å²) in [6.07, 6.45) is 0.463. The third kappa shape index (κ3) is 4.98. The van der Waals surface area contributed by atoms with Gasteiger partial charge in [-0.3, -0.25) is 4.79 Å². The van der Waals surface area contributed by atoms with Gasteiger partial charge >= 0.3 is 0 Å². The molecule has 21 heavy (non-hydrogen) atoms. The van der Waals surface area contributed by atoms with E-state index in [0.29, 0.717) is 23.8 Å². The molecule has 2 aromatic rings. The first-order chi connectivity index (χ1) is 10.1. The van der Waals surface area contributed by atoms with Crippen LogP contribution in [-0.4, -0.2) is 23.5 Å². The molecule has 0 saturated carbocycles. The molecule has 1 aromatic heterocycles. The van der Waals surface area contributed by atoms with Crippen LogP contribution in [0.15, 0.2) is 46.1 Å². The Labute approximate surface area is 121 Å². The van der Waals surface area contributed by atoms with Crippen LogP contribution in [0.1, 0.15) is 11.3 Å². The Bertz CT molecular complexity index is 622.